The molecule has 27 heavy (non-hydrogen) atoms. The lowest BCUT2D eigenvalue weighted by atomic mass is 9.95. The minimum Gasteiger partial charge on any atom is -0.460 e. The van der Waals surface area contributed by atoms with Gasteiger partial charge < -0.3 is 19.3 Å². The summed E-state index contributed by atoms with van der Waals surface area (Å²) in [5.74, 6) is -0.419. The number of carbonyl (C=O) groups excluding carboxylic acids is 2. The third-order valence-corrected chi connectivity index (χ3v) is 4.20. The second-order valence-electron chi connectivity index (χ2n) is 9.67. The van der Waals surface area contributed by atoms with Crippen LogP contribution in [0.3, 0.4) is 0 Å². The van der Waals surface area contributed by atoms with Gasteiger partial charge in [0.15, 0.2) is 0 Å². The molecule has 1 rings (SSSR count). The van der Waals surface area contributed by atoms with Gasteiger partial charge in [0.25, 0.3) is 0 Å². The summed E-state index contributed by atoms with van der Waals surface area (Å²) in [5.41, 5.74) is -1.91. The monoisotopic (exact) mass is 387 g/mol. The quantitative estimate of drug-likeness (QED) is 0.702. The van der Waals surface area contributed by atoms with Gasteiger partial charge in [-0.25, -0.2) is 4.79 Å². The fourth-order valence-electron chi connectivity index (χ4n) is 3.12. The van der Waals surface area contributed by atoms with E-state index in [1.807, 2.05) is 55.4 Å². The van der Waals surface area contributed by atoms with Crippen LogP contribution in [0.25, 0.3) is 0 Å². The molecule has 1 fully saturated rings. The van der Waals surface area contributed by atoms with Crippen molar-refractivity contribution in [3.8, 4) is 0 Å². The zero-order valence-electron chi connectivity index (χ0n) is 18.1. The van der Waals surface area contributed by atoms with Gasteiger partial charge in [0.2, 0.25) is 0 Å². The number of hydrogen-bond acceptors (Lipinski definition) is 6. The Bertz CT molecular complexity index is 518. The molecule has 0 aromatic heterocycles. The van der Waals surface area contributed by atoms with Crippen molar-refractivity contribution in [1.82, 2.24) is 4.90 Å². The van der Waals surface area contributed by atoms with Crippen molar-refractivity contribution in [3.05, 3.63) is 0 Å². The van der Waals surface area contributed by atoms with Crippen molar-refractivity contribution in [2.45, 2.75) is 97.6 Å². The van der Waals surface area contributed by atoms with Gasteiger partial charge in [0.1, 0.15) is 16.9 Å². The number of aliphatic hydroxyl groups is 1. The minimum absolute atomic E-state index is 0.0676. The average Bonchev–Trinajstić information content (AvgIpc) is 2.74. The molecule has 0 bridgehead atoms. The Balaban J connectivity index is 2.72. The van der Waals surface area contributed by atoms with Crippen LogP contribution in [-0.4, -0.2) is 58.3 Å². The van der Waals surface area contributed by atoms with Gasteiger partial charge in [0, 0.05) is 13.0 Å². The number of nitrogens with zero attached hydrogens (tertiary/aromatic N) is 1. The third-order valence-electron chi connectivity index (χ3n) is 4.20. The van der Waals surface area contributed by atoms with E-state index in [1.165, 1.54) is 0 Å². The molecule has 7 heteroatoms. The maximum atomic E-state index is 12.7. The minimum atomic E-state index is -0.780. The SMILES string of the molecule is CC(C)(C)OC(=O)CC[C@@H](CO)CC1COC(C)(C)N1C(=O)OC(C)(C)C. The van der Waals surface area contributed by atoms with Gasteiger partial charge in [0.05, 0.1) is 12.6 Å². The van der Waals surface area contributed by atoms with Crippen LogP contribution in [0.4, 0.5) is 4.79 Å². The van der Waals surface area contributed by atoms with Crippen molar-refractivity contribution in [2.24, 2.45) is 5.92 Å². The van der Waals surface area contributed by atoms with Gasteiger partial charge >= 0.3 is 12.1 Å². The van der Waals surface area contributed by atoms with E-state index < -0.39 is 23.0 Å². The normalized spacial score (nSPS) is 21.1. The molecule has 1 aliphatic rings. The lowest BCUT2D eigenvalue weighted by Gasteiger charge is -2.36. The molecule has 1 amide bonds. The van der Waals surface area contributed by atoms with E-state index in [9.17, 15) is 14.7 Å². The fourth-order valence-corrected chi connectivity index (χ4v) is 3.12. The Morgan fingerprint density at radius 2 is 1.70 bits per heavy atom. The number of rotatable bonds is 6. The zero-order chi connectivity index (χ0) is 21.0. The van der Waals surface area contributed by atoms with E-state index in [0.29, 0.717) is 19.4 Å². The predicted octanol–water partition coefficient (Wildman–Crippen LogP) is 3.48. The average molecular weight is 388 g/mol. The van der Waals surface area contributed by atoms with E-state index in [4.69, 9.17) is 14.2 Å². The highest BCUT2D eigenvalue weighted by Crippen LogP contribution is 2.33. The lowest BCUT2D eigenvalue weighted by molar-refractivity contribution is -0.155. The first-order chi connectivity index (χ1) is 12.1. The summed E-state index contributed by atoms with van der Waals surface area (Å²) < 4.78 is 16.6. The van der Waals surface area contributed by atoms with Crippen molar-refractivity contribution >= 4 is 12.1 Å². The van der Waals surface area contributed by atoms with Crippen molar-refractivity contribution in [1.29, 1.82) is 0 Å². The molecule has 0 radical (unpaired) electrons. The maximum Gasteiger partial charge on any atom is 0.412 e. The van der Waals surface area contributed by atoms with E-state index in [-0.39, 0.29) is 31.0 Å². The van der Waals surface area contributed by atoms with Gasteiger partial charge in [-0.15, -0.1) is 0 Å². The number of hydrogen-bond donors (Lipinski definition) is 1. The molecule has 158 valence electrons. The van der Waals surface area contributed by atoms with E-state index >= 15 is 0 Å². The topological polar surface area (TPSA) is 85.3 Å². The van der Waals surface area contributed by atoms with Gasteiger partial charge in [-0.2, -0.15) is 0 Å². The van der Waals surface area contributed by atoms with Crippen LogP contribution in [0.5, 0.6) is 0 Å². The van der Waals surface area contributed by atoms with Crippen LogP contribution in [0.15, 0.2) is 0 Å². The highest BCUT2D eigenvalue weighted by molar-refractivity contribution is 5.70. The molecule has 1 aliphatic heterocycles. The molecule has 0 aliphatic carbocycles. The van der Waals surface area contributed by atoms with Crippen molar-refractivity contribution in [3.63, 3.8) is 0 Å². The largest absolute Gasteiger partial charge is 0.460 e. The van der Waals surface area contributed by atoms with Gasteiger partial charge in [-0.1, -0.05) is 0 Å². The summed E-state index contributed by atoms with van der Waals surface area (Å²) in [7, 11) is 0. The van der Waals surface area contributed by atoms with Gasteiger partial charge in [-0.05, 0) is 74.1 Å². The molecule has 1 N–H and O–H groups in total. The molecular formula is C20H37NO6. The molecule has 0 spiro atoms. The van der Waals surface area contributed by atoms with Crippen molar-refractivity contribution < 1.29 is 28.9 Å². The molecule has 1 heterocycles. The van der Waals surface area contributed by atoms with Crippen LogP contribution in [0.1, 0.15) is 74.7 Å². The Hall–Kier alpha value is -1.34. The van der Waals surface area contributed by atoms with Gasteiger partial charge in [-0.3, -0.25) is 9.69 Å². The summed E-state index contributed by atoms with van der Waals surface area (Å²) in [6.45, 7) is 14.9. The van der Waals surface area contributed by atoms with Crippen LogP contribution < -0.4 is 0 Å². The van der Waals surface area contributed by atoms with Crippen molar-refractivity contribution in [2.75, 3.05) is 13.2 Å². The van der Waals surface area contributed by atoms with Crippen LogP contribution in [0, 0.1) is 5.92 Å². The number of aliphatic hydroxyl groups excluding tert-OH is 1. The summed E-state index contributed by atoms with van der Waals surface area (Å²) >= 11 is 0. The Morgan fingerprint density at radius 3 is 2.19 bits per heavy atom. The molecular weight excluding hydrogens is 350 g/mol. The zero-order valence-corrected chi connectivity index (χ0v) is 18.1. The first-order valence-electron chi connectivity index (χ1n) is 9.63. The summed E-state index contributed by atoms with van der Waals surface area (Å²) in [5, 5.41) is 9.75. The second kappa shape index (κ2) is 8.78. The molecule has 0 aromatic carbocycles. The summed E-state index contributed by atoms with van der Waals surface area (Å²) in [6.07, 6.45) is 0.817. The Kier molecular flexibility index (Phi) is 7.70. The van der Waals surface area contributed by atoms with E-state index in [2.05, 4.69) is 0 Å². The number of amides is 1. The summed E-state index contributed by atoms with van der Waals surface area (Å²) in [4.78, 5) is 26.2. The highest BCUT2D eigenvalue weighted by atomic mass is 16.6. The number of esters is 1. The molecule has 1 unspecified atom stereocenters. The van der Waals surface area contributed by atoms with E-state index in [0.717, 1.165) is 0 Å². The molecule has 0 saturated carbocycles. The number of carbonyl (C=O) groups is 2. The summed E-state index contributed by atoms with van der Waals surface area (Å²) in [6, 6.07) is -0.217. The van der Waals surface area contributed by atoms with E-state index in [1.54, 1.807) is 4.90 Å². The third kappa shape index (κ3) is 8.05. The Labute approximate surface area is 163 Å². The Morgan fingerprint density at radius 1 is 1.15 bits per heavy atom. The predicted molar refractivity (Wildman–Crippen MR) is 102 cm³/mol. The van der Waals surface area contributed by atoms with Crippen LogP contribution in [-0.2, 0) is 19.0 Å². The van der Waals surface area contributed by atoms with Crippen LogP contribution >= 0.6 is 0 Å². The highest BCUT2D eigenvalue weighted by Gasteiger charge is 2.46. The second-order valence-corrected chi connectivity index (χ2v) is 9.67. The standard InChI is InChI=1S/C20H37NO6/c1-18(2,3)26-16(23)10-9-14(12-22)11-15-13-25-20(7,8)21(15)17(24)27-19(4,5)6/h14-15,22H,9-13H2,1-8H3/t14-,15?/m1/s1. The maximum absolute atomic E-state index is 12.7. The molecule has 7 nitrogen and oxygen atoms in total. The lowest BCUT2D eigenvalue weighted by Crippen LogP contribution is -2.50. The number of ether oxygens (including phenoxy) is 3. The fraction of sp³-hybridized carbons (Fsp3) is 0.900. The molecule has 1 saturated heterocycles. The molecule has 2 atom stereocenters. The first-order valence-corrected chi connectivity index (χ1v) is 9.63. The smallest absolute Gasteiger partial charge is 0.412 e. The molecule has 0 aromatic rings. The first kappa shape index (κ1) is 23.7. The van der Waals surface area contributed by atoms with Crippen LogP contribution in [0.2, 0.25) is 0 Å².